The van der Waals surface area contributed by atoms with Crippen LogP contribution in [0.4, 0.5) is 0 Å². The maximum absolute atomic E-state index is 11.2. The van der Waals surface area contributed by atoms with Crippen LogP contribution in [-0.4, -0.2) is 11.6 Å². The number of hydrogen-bond donors (Lipinski definition) is 1. The number of halogens is 1. The van der Waals surface area contributed by atoms with E-state index in [0.717, 1.165) is 16.9 Å². The summed E-state index contributed by atoms with van der Waals surface area (Å²) in [5, 5.41) is 0.571. The van der Waals surface area contributed by atoms with Gasteiger partial charge in [0.2, 0.25) is 5.56 Å². The summed E-state index contributed by atoms with van der Waals surface area (Å²) in [5.41, 5.74) is 1.47. The molecule has 0 atom stereocenters. The molecule has 17 heavy (non-hydrogen) atoms. The third-order valence-electron chi connectivity index (χ3n) is 2.34. The van der Waals surface area contributed by atoms with Gasteiger partial charge in [0, 0.05) is 17.8 Å². The van der Waals surface area contributed by atoms with Gasteiger partial charge < -0.3 is 9.72 Å². The Hall–Kier alpha value is -1.74. The van der Waals surface area contributed by atoms with Crippen molar-refractivity contribution in [2.75, 3.05) is 6.61 Å². The molecule has 0 aliphatic rings. The molecule has 0 saturated heterocycles. The molecule has 2 rings (SSSR count). The van der Waals surface area contributed by atoms with E-state index in [0.29, 0.717) is 11.6 Å². The first-order valence-corrected chi connectivity index (χ1v) is 5.70. The molecule has 4 heteroatoms. The number of nitrogens with one attached hydrogen (secondary N) is 1. The minimum Gasteiger partial charge on any atom is -0.494 e. The lowest BCUT2D eigenvalue weighted by Crippen LogP contribution is -2.02. The van der Waals surface area contributed by atoms with E-state index >= 15 is 0 Å². The Morgan fingerprint density at radius 3 is 2.76 bits per heavy atom. The summed E-state index contributed by atoms with van der Waals surface area (Å²) in [5.74, 6) is 0.728. The molecule has 0 bridgehead atoms. The highest BCUT2D eigenvalue weighted by Gasteiger charge is 2.05. The Morgan fingerprint density at radius 1 is 1.29 bits per heavy atom. The van der Waals surface area contributed by atoms with Crippen LogP contribution in [0, 0.1) is 0 Å². The molecule has 1 N–H and O–H groups in total. The molecular formula is C13H12ClNO2. The molecule has 1 aromatic heterocycles. The quantitative estimate of drug-likeness (QED) is 0.908. The fraction of sp³-hybridized carbons (Fsp3) is 0.154. The Kier molecular flexibility index (Phi) is 3.49. The molecule has 1 aromatic carbocycles. The molecule has 0 radical (unpaired) electrons. The van der Waals surface area contributed by atoms with Gasteiger partial charge in [-0.2, -0.15) is 0 Å². The number of rotatable bonds is 3. The van der Waals surface area contributed by atoms with Crippen molar-refractivity contribution in [3.05, 3.63) is 51.9 Å². The summed E-state index contributed by atoms with van der Waals surface area (Å²) in [6.07, 6.45) is 1.60. The monoisotopic (exact) mass is 249 g/mol. The highest BCUT2D eigenvalue weighted by Crippen LogP contribution is 2.30. The van der Waals surface area contributed by atoms with Gasteiger partial charge in [-0.05, 0) is 36.8 Å². The van der Waals surface area contributed by atoms with Crippen molar-refractivity contribution in [3.8, 4) is 16.9 Å². The number of pyridine rings is 1. The highest BCUT2D eigenvalue weighted by atomic mass is 35.5. The fourth-order valence-electron chi connectivity index (χ4n) is 1.60. The number of benzene rings is 1. The Labute approximate surface area is 104 Å². The number of H-pyrrole nitrogens is 1. The van der Waals surface area contributed by atoms with Gasteiger partial charge in [-0.3, -0.25) is 4.79 Å². The second kappa shape index (κ2) is 5.06. The third-order valence-corrected chi connectivity index (χ3v) is 2.65. The number of hydrogen-bond acceptors (Lipinski definition) is 2. The van der Waals surface area contributed by atoms with E-state index < -0.39 is 0 Å². The Balaban J connectivity index is 2.43. The number of aromatic amines is 1. The van der Waals surface area contributed by atoms with Crippen molar-refractivity contribution in [1.29, 1.82) is 0 Å². The van der Waals surface area contributed by atoms with Crippen molar-refractivity contribution in [2.45, 2.75) is 6.92 Å². The zero-order chi connectivity index (χ0) is 12.3. The van der Waals surface area contributed by atoms with E-state index in [1.807, 2.05) is 25.1 Å². The van der Waals surface area contributed by atoms with Gasteiger partial charge >= 0.3 is 0 Å². The zero-order valence-electron chi connectivity index (χ0n) is 9.37. The van der Waals surface area contributed by atoms with Crippen LogP contribution < -0.4 is 10.3 Å². The van der Waals surface area contributed by atoms with Crippen LogP contribution in [0.1, 0.15) is 6.92 Å². The number of ether oxygens (including phenoxy) is 1. The fourth-order valence-corrected chi connectivity index (χ4v) is 1.88. The molecule has 1 heterocycles. The van der Waals surface area contributed by atoms with Crippen molar-refractivity contribution in [2.24, 2.45) is 0 Å². The standard InChI is InChI=1S/C13H12ClNO2/c1-2-17-10-3-4-11(12(14)8-10)9-5-6-15-13(16)7-9/h3-8H,2H2,1H3,(H,15,16). The minimum absolute atomic E-state index is 0.146. The van der Waals surface area contributed by atoms with E-state index in [1.54, 1.807) is 12.3 Å². The van der Waals surface area contributed by atoms with Crippen molar-refractivity contribution in [1.82, 2.24) is 4.98 Å². The second-order valence-electron chi connectivity index (χ2n) is 3.52. The van der Waals surface area contributed by atoms with Crippen LogP contribution >= 0.6 is 11.6 Å². The maximum atomic E-state index is 11.2. The van der Waals surface area contributed by atoms with E-state index in [4.69, 9.17) is 16.3 Å². The van der Waals surface area contributed by atoms with Gasteiger partial charge in [-0.25, -0.2) is 0 Å². The molecule has 0 aliphatic heterocycles. The Bertz CT molecular complexity index is 578. The maximum Gasteiger partial charge on any atom is 0.248 e. The summed E-state index contributed by atoms with van der Waals surface area (Å²) < 4.78 is 5.35. The lowest BCUT2D eigenvalue weighted by molar-refractivity contribution is 0.340. The molecule has 0 amide bonds. The first-order chi connectivity index (χ1) is 8.20. The lowest BCUT2D eigenvalue weighted by atomic mass is 10.1. The topological polar surface area (TPSA) is 42.1 Å². The van der Waals surface area contributed by atoms with Gasteiger partial charge in [0.1, 0.15) is 5.75 Å². The summed E-state index contributed by atoms with van der Waals surface area (Å²) in [7, 11) is 0. The average molecular weight is 250 g/mol. The van der Waals surface area contributed by atoms with Gasteiger partial charge in [0.15, 0.2) is 0 Å². The summed E-state index contributed by atoms with van der Waals surface area (Å²) in [6, 6.07) is 8.76. The van der Waals surface area contributed by atoms with E-state index in [1.165, 1.54) is 6.07 Å². The summed E-state index contributed by atoms with van der Waals surface area (Å²) in [4.78, 5) is 13.8. The summed E-state index contributed by atoms with van der Waals surface area (Å²) in [6.45, 7) is 2.51. The zero-order valence-corrected chi connectivity index (χ0v) is 10.1. The van der Waals surface area contributed by atoms with Crippen LogP contribution in [0.2, 0.25) is 5.02 Å². The van der Waals surface area contributed by atoms with Crippen LogP contribution in [0.15, 0.2) is 41.3 Å². The largest absolute Gasteiger partial charge is 0.494 e. The van der Waals surface area contributed by atoms with Gasteiger partial charge in [0.05, 0.1) is 11.6 Å². The molecule has 0 fully saturated rings. The van der Waals surface area contributed by atoms with Gasteiger partial charge in [0.25, 0.3) is 0 Å². The van der Waals surface area contributed by atoms with Crippen LogP contribution in [0.5, 0.6) is 5.75 Å². The molecule has 3 nitrogen and oxygen atoms in total. The van der Waals surface area contributed by atoms with Crippen LogP contribution in [0.3, 0.4) is 0 Å². The molecule has 0 spiro atoms. The molecule has 2 aromatic rings. The van der Waals surface area contributed by atoms with Crippen molar-refractivity contribution < 1.29 is 4.74 Å². The SMILES string of the molecule is CCOc1ccc(-c2cc[nH]c(=O)c2)c(Cl)c1. The smallest absolute Gasteiger partial charge is 0.248 e. The molecule has 0 unspecified atom stereocenters. The van der Waals surface area contributed by atoms with E-state index in [9.17, 15) is 4.79 Å². The molecule has 88 valence electrons. The highest BCUT2D eigenvalue weighted by molar-refractivity contribution is 6.33. The van der Waals surface area contributed by atoms with Crippen molar-refractivity contribution >= 4 is 11.6 Å². The third kappa shape index (κ3) is 2.68. The molecule has 0 saturated carbocycles. The van der Waals surface area contributed by atoms with Crippen LogP contribution in [-0.2, 0) is 0 Å². The van der Waals surface area contributed by atoms with E-state index in [-0.39, 0.29) is 5.56 Å². The first kappa shape index (κ1) is 11.7. The normalized spacial score (nSPS) is 10.2. The lowest BCUT2D eigenvalue weighted by Gasteiger charge is -2.07. The van der Waals surface area contributed by atoms with Gasteiger partial charge in [-0.1, -0.05) is 11.6 Å². The average Bonchev–Trinajstić information content (AvgIpc) is 2.29. The summed E-state index contributed by atoms with van der Waals surface area (Å²) >= 11 is 6.16. The predicted molar refractivity (Wildman–Crippen MR) is 68.7 cm³/mol. The molecular weight excluding hydrogens is 238 g/mol. The first-order valence-electron chi connectivity index (χ1n) is 5.32. The van der Waals surface area contributed by atoms with E-state index in [2.05, 4.69) is 4.98 Å². The molecule has 0 aliphatic carbocycles. The van der Waals surface area contributed by atoms with Gasteiger partial charge in [-0.15, -0.1) is 0 Å². The minimum atomic E-state index is -0.146. The second-order valence-corrected chi connectivity index (χ2v) is 3.92. The van der Waals surface area contributed by atoms with Crippen LogP contribution in [0.25, 0.3) is 11.1 Å². The predicted octanol–water partition coefficient (Wildman–Crippen LogP) is 3.09. The van der Waals surface area contributed by atoms with Crippen molar-refractivity contribution in [3.63, 3.8) is 0 Å². The number of aromatic nitrogens is 1. The Morgan fingerprint density at radius 2 is 2.12 bits per heavy atom.